The van der Waals surface area contributed by atoms with Crippen LogP contribution in [0.5, 0.6) is 5.75 Å². The summed E-state index contributed by atoms with van der Waals surface area (Å²) in [5.74, 6) is 0.950. The van der Waals surface area contributed by atoms with E-state index in [0.29, 0.717) is 6.61 Å². The molecule has 0 N–H and O–H groups in total. The first-order chi connectivity index (χ1) is 7.69. The fourth-order valence-corrected chi connectivity index (χ4v) is 2.17. The van der Waals surface area contributed by atoms with Gasteiger partial charge in [0, 0.05) is 5.56 Å². The monoisotopic (exact) mass is 284 g/mol. The van der Waals surface area contributed by atoms with E-state index in [0.717, 1.165) is 24.2 Å². The molecule has 1 aromatic carbocycles. The van der Waals surface area contributed by atoms with Crippen molar-refractivity contribution in [1.29, 1.82) is 0 Å². The molecule has 0 heterocycles. The van der Waals surface area contributed by atoms with Gasteiger partial charge in [-0.25, -0.2) is 0 Å². The van der Waals surface area contributed by atoms with Gasteiger partial charge in [0.15, 0.2) is 5.78 Å². The molecule has 0 spiro atoms. The summed E-state index contributed by atoms with van der Waals surface area (Å²) in [4.78, 5) is 11.8. The second-order valence-electron chi connectivity index (χ2n) is 3.58. The molecule has 0 radical (unpaired) electrons. The third-order valence-corrected chi connectivity index (χ3v) is 3.15. The lowest BCUT2D eigenvalue weighted by Gasteiger charge is -2.08. The molecule has 0 fully saturated rings. The van der Waals surface area contributed by atoms with Crippen molar-refractivity contribution in [3.8, 4) is 5.75 Å². The Kier molecular flexibility index (Phi) is 5.53. The fraction of sp³-hybridized carbons (Fsp3) is 0.462. The lowest BCUT2D eigenvalue weighted by Crippen LogP contribution is -2.13. The van der Waals surface area contributed by atoms with Crippen molar-refractivity contribution >= 4 is 21.7 Å². The molecule has 88 valence electrons. The number of carbonyl (C=O) groups excluding carboxylic acids is 1. The zero-order valence-electron chi connectivity index (χ0n) is 9.70. The normalized spacial score (nSPS) is 12.2. The van der Waals surface area contributed by atoms with E-state index in [4.69, 9.17) is 4.74 Å². The minimum absolute atomic E-state index is 0.0737. The minimum atomic E-state index is -0.0737. The molecule has 0 saturated carbocycles. The smallest absolute Gasteiger partial charge is 0.176 e. The van der Waals surface area contributed by atoms with Crippen LogP contribution in [0.3, 0.4) is 0 Å². The summed E-state index contributed by atoms with van der Waals surface area (Å²) in [6.45, 7) is 4.65. The molecule has 0 amide bonds. The highest BCUT2D eigenvalue weighted by atomic mass is 79.9. The molecule has 3 heteroatoms. The lowest BCUT2D eigenvalue weighted by molar-refractivity contribution is 0.0988. The molecular weight excluding hydrogens is 268 g/mol. The molecule has 16 heavy (non-hydrogen) atoms. The molecule has 0 aliphatic rings. The van der Waals surface area contributed by atoms with Gasteiger partial charge in [-0.05, 0) is 37.6 Å². The van der Waals surface area contributed by atoms with E-state index < -0.39 is 0 Å². The van der Waals surface area contributed by atoms with Crippen LogP contribution in [0.2, 0.25) is 0 Å². The highest BCUT2D eigenvalue weighted by Crippen LogP contribution is 2.18. The second kappa shape index (κ2) is 6.69. The lowest BCUT2D eigenvalue weighted by atomic mass is 10.1. The maximum Gasteiger partial charge on any atom is 0.176 e. The summed E-state index contributed by atoms with van der Waals surface area (Å²) in [7, 11) is 0. The van der Waals surface area contributed by atoms with Gasteiger partial charge in [0.1, 0.15) is 5.75 Å². The second-order valence-corrected chi connectivity index (χ2v) is 4.68. The van der Waals surface area contributed by atoms with Crippen LogP contribution in [0.25, 0.3) is 0 Å². The standard InChI is InChI=1S/C13H17BrO2/c1-3-5-12(14)13(15)10-6-8-11(9-7-10)16-4-2/h6-9,12H,3-5H2,1-2H3. The van der Waals surface area contributed by atoms with Crippen molar-refractivity contribution in [2.24, 2.45) is 0 Å². The van der Waals surface area contributed by atoms with E-state index in [-0.39, 0.29) is 10.6 Å². The van der Waals surface area contributed by atoms with Crippen LogP contribution in [0.4, 0.5) is 0 Å². The van der Waals surface area contributed by atoms with Gasteiger partial charge in [-0.2, -0.15) is 0 Å². The van der Waals surface area contributed by atoms with Gasteiger partial charge >= 0.3 is 0 Å². The summed E-state index contributed by atoms with van der Waals surface area (Å²) >= 11 is 3.41. The number of ketones is 1. The van der Waals surface area contributed by atoms with E-state index in [1.54, 1.807) is 0 Å². The maximum absolute atomic E-state index is 11.9. The van der Waals surface area contributed by atoms with Crippen LogP contribution in [0.15, 0.2) is 24.3 Å². The SMILES string of the molecule is CCCC(Br)C(=O)c1ccc(OCC)cc1. The van der Waals surface area contributed by atoms with Gasteiger partial charge in [0.2, 0.25) is 0 Å². The van der Waals surface area contributed by atoms with Crippen molar-refractivity contribution in [3.63, 3.8) is 0 Å². The number of rotatable bonds is 6. The predicted molar refractivity (Wildman–Crippen MR) is 69.6 cm³/mol. The van der Waals surface area contributed by atoms with Crippen molar-refractivity contribution in [2.45, 2.75) is 31.5 Å². The number of carbonyl (C=O) groups is 1. The Morgan fingerprint density at radius 3 is 2.44 bits per heavy atom. The van der Waals surface area contributed by atoms with Crippen LogP contribution in [0.1, 0.15) is 37.0 Å². The van der Waals surface area contributed by atoms with Gasteiger partial charge in [-0.1, -0.05) is 29.3 Å². The first kappa shape index (κ1) is 13.2. The topological polar surface area (TPSA) is 26.3 Å². The molecule has 1 unspecified atom stereocenters. The zero-order chi connectivity index (χ0) is 12.0. The molecule has 0 aliphatic heterocycles. The average molecular weight is 285 g/mol. The molecular formula is C13H17BrO2. The van der Waals surface area contributed by atoms with Crippen LogP contribution in [0, 0.1) is 0 Å². The molecule has 2 nitrogen and oxygen atoms in total. The summed E-state index contributed by atoms with van der Waals surface area (Å²) in [5, 5.41) is 0. The van der Waals surface area contributed by atoms with Gasteiger partial charge < -0.3 is 4.74 Å². The van der Waals surface area contributed by atoms with E-state index in [1.807, 2.05) is 31.2 Å². The van der Waals surface area contributed by atoms with Gasteiger partial charge in [-0.15, -0.1) is 0 Å². The van der Waals surface area contributed by atoms with Crippen LogP contribution < -0.4 is 4.74 Å². The number of Topliss-reactive ketones (excluding diaryl/α,β-unsaturated/α-hetero) is 1. The molecule has 0 aliphatic carbocycles. The quantitative estimate of drug-likeness (QED) is 0.586. The van der Waals surface area contributed by atoms with Crippen LogP contribution in [-0.2, 0) is 0 Å². The number of ether oxygens (including phenoxy) is 1. The molecule has 0 aromatic heterocycles. The maximum atomic E-state index is 11.9. The van der Waals surface area contributed by atoms with Crippen molar-refractivity contribution in [1.82, 2.24) is 0 Å². The highest BCUT2D eigenvalue weighted by Gasteiger charge is 2.15. The van der Waals surface area contributed by atoms with Crippen molar-refractivity contribution in [2.75, 3.05) is 6.61 Å². The van der Waals surface area contributed by atoms with Crippen molar-refractivity contribution in [3.05, 3.63) is 29.8 Å². The summed E-state index contributed by atoms with van der Waals surface area (Å²) < 4.78 is 5.33. The highest BCUT2D eigenvalue weighted by molar-refractivity contribution is 9.10. The van der Waals surface area contributed by atoms with Crippen molar-refractivity contribution < 1.29 is 9.53 Å². The Balaban J connectivity index is 2.69. The molecule has 1 rings (SSSR count). The summed E-state index contributed by atoms with van der Waals surface area (Å²) in [6.07, 6.45) is 1.87. The third-order valence-electron chi connectivity index (χ3n) is 2.28. The van der Waals surface area contributed by atoms with Gasteiger partial charge in [-0.3, -0.25) is 4.79 Å². The van der Waals surface area contributed by atoms with Gasteiger partial charge in [0.25, 0.3) is 0 Å². The largest absolute Gasteiger partial charge is 0.494 e. The Hall–Kier alpha value is -0.830. The first-order valence-electron chi connectivity index (χ1n) is 5.60. The molecule has 1 aromatic rings. The van der Waals surface area contributed by atoms with E-state index >= 15 is 0 Å². The minimum Gasteiger partial charge on any atom is -0.494 e. The third kappa shape index (κ3) is 3.63. The zero-order valence-corrected chi connectivity index (χ0v) is 11.3. The van der Waals surface area contributed by atoms with E-state index in [1.165, 1.54) is 0 Å². The number of hydrogen-bond donors (Lipinski definition) is 0. The summed E-state index contributed by atoms with van der Waals surface area (Å²) in [5.41, 5.74) is 0.735. The molecule has 1 atom stereocenters. The number of halogens is 1. The Morgan fingerprint density at radius 1 is 1.31 bits per heavy atom. The van der Waals surface area contributed by atoms with E-state index in [2.05, 4.69) is 22.9 Å². The Morgan fingerprint density at radius 2 is 1.94 bits per heavy atom. The van der Waals surface area contributed by atoms with Crippen LogP contribution in [-0.4, -0.2) is 17.2 Å². The predicted octanol–water partition coefficient (Wildman–Crippen LogP) is 3.83. The van der Waals surface area contributed by atoms with Crippen LogP contribution >= 0.6 is 15.9 Å². The Labute approximate surface area is 105 Å². The number of benzene rings is 1. The first-order valence-corrected chi connectivity index (χ1v) is 6.51. The van der Waals surface area contributed by atoms with E-state index in [9.17, 15) is 4.79 Å². The molecule has 0 saturated heterocycles. The number of hydrogen-bond acceptors (Lipinski definition) is 2. The number of alkyl halides is 1. The summed E-state index contributed by atoms with van der Waals surface area (Å²) in [6, 6.07) is 7.30. The molecule has 0 bridgehead atoms. The van der Waals surface area contributed by atoms with Gasteiger partial charge in [0.05, 0.1) is 11.4 Å². The Bertz CT molecular complexity index is 332. The fourth-order valence-electron chi connectivity index (χ4n) is 1.45. The average Bonchev–Trinajstić information content (AvgIpc) is 2.30.